The molecule has 0 amide bonds. The highest BCUT2D eigenvalue weighted by atomic mass is 16.5. The van der Waals surface area contributed by atoms with Crippen LogP contribution in [0.25, 0.3) is 0 Å². The number of aryl methyl sites for hydroxylation is 2. The lowest BCUT2D eigenvalue weighted by atomic mass is 9.83. The van der Waals surface area contributed by atoms with E-state index >= 15 is 0 Å². The summed E-state index contributed by atoms with van der Waals surface area (Å²) >= 11 is 0. The van der Waals surface area contributed by atoms with Gasteiger partial charge in [0.05, 0.1) is 18.2 Å². The summed E-state index contributed by atoms with van der Waals surface area (Å²) in [4.78, 5) is 13.0. The molecule has 0 radical (unpaired) electrons. The third-order valence-corrected chi connectivity index (χ3v) is 4.17. The van der Waals surface area contributed by atoms with Crippen LogP contribution in [0.4, 0.5) is 0 Å². The minimum Gasteiger partial charge on any atom is -0.496 e. The Kier molecular flexibility index (Phi) is 3.95. The van der Waals surface area contributed by atoms with Gasteiger partial charge >= 0.3 is 0 Å². The van der Waals surface area contributed by atoms with Crippen LogP contribution in [0.15, 0.2) is 12.1 Å². The summed E-state index contributed by atoms with van der Waals surface area (Å²) in [5, 5.41) is 3.41. The highest BCUT2D eigenvalue weighted by Crippen LogP contribution is 2.33. The lowest BCUT2D eigenvalue weighted by Gasteiger charge is -2.28. The standard InChI is InChI=1S/C16H23NO2/c1-5-16(7-6-8-17-16)15(18)14-12(3)9-11(2)10-13(14)19-4/h9-10,17H,5-8H2,1-4H3. The Morgan fingerprint density at radius 2 is 2.16 bits per heavy atom. The van der Waals surface area contributed by atoms with Gasteiger partial charge in [-0.1, -0.05) is 13.0 Å². The molecule has 1 aromatic carbocycles. The molecule has 0 spiro atoms. The number of ketones is 1. The summed E-state index contributed by atoms with van der Waals surface area (Å²) in [6, 6.07) is 3.99. The maximum Gasteiger partial charge on any atom is 0.186 e. The summed E-state index contributed by atoms with van der Waals surface area (Å²) in [7, 11) is 1.63. The van der Waals surface area contributed by atoms with E-state index in [1.807, 2.05) is 26.0 Å². The van der Waals surface area contributed by atoms with Crippen molar-refractivity contribution in [2.75, 3.05) is 13.7 Å². The van der Waals surface area contributed by atoms with Gasteiger partial charge in [-0.05, 0) is 56.8 Å². The molecule has 1 unspecified atom stereocenters. The first kappa shape index (κ1) is 14.1. The molecular formula is C16H23NO2. The van der Waals surface area contributed by atoms with Gasteiger partial charge in [-0.25, -0.2) is 0 Å². The molecule has 1 heterocycles. The second-order valence-electron chi connectivity index (χ2n) is 5.45. The molecule has 3 nitrogen and oxygen atoms in total. The van der Waals surface area contributed by atoms with Crippen LogP contribution in [0.2, 0.25) is 0 Å². The van der Waals surface area contributed by atoms with Crippen molar-refractivity contribution in [3.8, 4) is 5.75 Å². The number of nitrogens with one attached hydrogen (secondary N) is 1. The monoisotopic (exact) mass is 261 g/mol. The SMILES string of the molecule is CCC1(C(=O)c2c(C)cc(C)cc2OC)CCCN1. The highest BCUT2D eigenvalue weighted by Gasteiger charge is 2.41. The number of carbonyl (C=O) groups excluding carboxylic acids is 1. The van der Waals surface area contributed by atoms with E-state index in [1.165, 1.54) is 0 Å². The fourth-order valence-corrected chi connectivity index (χ4v) is 3.08. The molecule has 19 heavy (non-hydrogen) atoms. The van der Waals surface area contributed by atoms with Crippen molar-refractivity contribution >= 4 is 5.78 Å². The van der Waals surface area contributed by atoms with Gasteiger partial charge in [0.15, 0.2) is 5.78 Å². The topological polar surface area (TPSA) is 38.3 Å². The van der Waals surface area contributed by atoms with E-state index in [2.05, 4.69) is 12.2 Å². The summed E-state index contributed by atoms with van der Waals surface area (Å²) in [5.41, 5.74) is 2.47. The van der Waals surface area contributed by atoms with Crippen molar-refractivity contribution in [3.05, 3.63) is 28.8 Å². The fourth-order valence-electron chi connectivity index (χ4n) is 3.08. The fraction of sp³-hybridized carbons (Fsp3) is 0.562. The number of rotatable bonds is 4. The number of ether oxygens (including phenoxy) is 1. The predicted octanol–water partition coefficient (Wildman–Crippen LogP) is 3.03. The molecule has 1 atom stereocenters. The van der Waals surface area contributed by atoms with Gasteiger partial charge in [0.25, 0.3) is 0 Å². The molecular weight excluding hydrogens is 238 g/mol. The molecule has 1 aliphatic rings. The van der Waals surface area contributed by atoms with Crippen molar-refractivity contribution in [1.29, 1.82) is 0 Å². The van der Waals surface area contributed by atoms with Crippen LogP contribution >= 0.6 is 0 Å². The van der Waals surface area contributed by atoms with Gasteiger partial charge in [0, 0.05) is 0 Å². The van der Waals surface area contributed by atoms with Crippen LogP contribution in [-0.2, 0) is 0 Å². The highest BCUT2D eigenvalue weighted by molar-refractivity contribution is 6.06. The zero-order valence-corrected chi connectivity index (χ0v) is 12.3. The molecule has 0 bridgehead atoms. The molecule has 104 valence electrons. The van der Waals surface area contributed by atoms with Gasteiger partial charge in [0.2, 0.25) is 0 Å². The van der Waals surface area contributed by atoms with Crippen molar-refractivity contribution in [1.82, 2.24) is 5.32 Å². The summed E-state index contributed by atoms with van der Waals surface area (Å²) in [6.07, 6.45) is 2.80. The average molecular weight is 261 g/mol. The van der Waals surface area contributed by atoms with Crippen molar-refractivity contribution in [3.63, 3.8) is 0 Å². The maximum absolute atomic E-state index is 13.0. The third-order valence-electron chi connectivity index (χ3n) is 4.17. The number of carbonyl (C=O) groups is 1. The lowest BCUT2D eigenvalue weighted by Crippen LogP contribution is -2.47. The van der Waals surface area contributed by atoms with Crippen LogP contribution in [0.1, 0.15) is 47.7 Å². The molecule has 3 heteroatoms. The molecule has 1 fully saturated rings. The first-order valence-corrected chi connectivity index (χ1v) is 6.99. The van der Waals surface area contributed by atoms with Crippen molar-refractivity contribution in [2.24, 2.45) is 0 Å². The molecule has 1 saturated heterocycles. The normalized spacial score (nSPS) is 22.5. The summed E-state index contributed by atoms with van der Waals surface area (Å²) < 4.78 is 5.43. The van der Waals surface area contributed by atoms with Gasteiger partial charge in [-0.3, -0.25) is 4.79 Å². The quantitative estimate of drug-likeness (QED) is 0.847. The summed E-state index contributed by atoms with van der Waals surface area (Å²) in [6.45, 7) is 7.01. The second-order valence-corrected chi connectivity index (χ2v) is 5.45. The number of hydrogen-bond donors (Lipinski definition) is 1. The molecule has 1 aliphatic heterocycles. The maximum atomic E-state index is 13.0. The van der Waals surface area contributed by atoms with Gasteiger partial charge in [-0.2, -0.15) is 0 Å². The van der Waals surface area contributed by atoms with E-state index in [1.54, 1.807) is 7.11 Å². The van der Waals surface area contributed by atoms with Crippen LogP contribution < -0.4 is 10.1 Å². The van der Waals surface area contributed by atoms with E-state index < -0.39 is 5.54 Å². The van der Waals surface area contributed by atoms with Gasteiger partial charge < -0.3 is 10.1 Å². The van der Waals surface area contributed by atoms with Gasteiger partial charge in [-0.15, -0.1) is 0 Å². The zero-order valence-electron chi connectivity index (χ0n) is 12.3. The van der Waals surface area contributed by atoms with E-state index in [-0.39, 0.29) is 5.78 Å². The summed E-state index contributed by atoms with van der Waals surface area (Å²) in [5.74, 6) is 0.880. The molecule has 1 N–H and O–H groups in total. The Labute approximate surface area is 115 Å². The third kappa shape index (κ3) is 2.39. The van der Waals surface area contributed by atoms with Crippen LogP contribution in [0.5, 0.6) is 5.75 Å². The Hall–Kier alpha value is -1.35. The average Bonchev–Trinajstić information content (AvgIpc) is 2.87. The number of benzene rings is 1. The Balaban J connectivity index is 2.49. The Morgan fingerprint density at radius 3 is 2.68 bits per heavy atom. The van der Waals surface area contributed by atoms with Gasteiger partial charge in [0.1, 0.15) is 5.75 Å². The molecule has 2 rings (SSSR count). The van der Waals surface area contributed by atoms with Crippen LogP contribution in [0, 0.1) is 13.8 Å². The largest absolute Gasteiger partial charge is 0.496 e. The zero-order chi connectivity index (χ0) is 14.0. The smallest absolute Gasteiger partial charge is 0.186 e. The van der Waals surface area contributed by atoms with Crippen molar-refractivity contribution < 1.29 is 9.53 Å². The second kappa shape index (κ2) is 5.33. The lowest BCUT2D eigenvalue weighted by molar-refractivity contribution is 0.0860. The van der Waals surface area contributed by atoms with Crippen LogP contribution in [-0.4, -0.2) is 25.0 Å². The Bertz CT molecular complexity index is 488. The minimum atomic E-state index is -0.396. The number of methoxy groups -OCH3 is 1. The Morgan fingerprint density at radius 1 is 1.42 bits per heavy atom. The minimum absolute atomic E-state index is 0.182. The molecule has 0 aliphatic carbocycles. The number of hydrogen-bond acceptors (Lipinski definition) is 3. The first-order chi connectivity index (χ1) is 9.04. The number of Topliss-reactive ketones (excluding diaryl/α,β-unsaturated/α-hetero) is 1. The van der Waals surface area contributed by atoms with Crippen LogP contribution in [0.3, 0.4) is 0 Å². The first-order valence-electron chi connectivity index (χ1n) is 6.99. The molecule has 0 saturated carbocycles. The van der Waals surface area contributed by atoms with E-state index in [0.29, 0.717) is 5.75 Å². The van der Waals surface area contributed by atoms with E-state index in [9.17, 15) is 4.79 Å². The predicted molar refractivity (Wildman–Crippen MR) is 77.1 cm³/mol. The van der Waals surface area contributed by atoms with Crippen molar-refractivity contribution in [2.45, 2.75) is 45.6 Å². The molecule has 1 aromatic rings. The van der Waals surface area contributed by atoms with E-state index in [0.717, 1.165) is 42.5 Å². The molecule has 0 aromatic heterocycles. The van der Waals surface area contributed by atoms with E-state index in [4.69, 9.17) is 4.74 Å².